The predicted molar refractivity (Wildman–Crippen MR) is 86.7 cm³/mol. The third-order valence-electron chi connectivity index (χ3n) is 4.27. The van der Waals surface area contributed by atoms with E-state index in [0.29, 0.717) is 5.92 Å². The van der Waals surface area contributed by atoms with Crippen LogP contribution in [0.15, 0.2) is 42.5 Å². The predicted octanol–water partition coefficient (Wildman–Crippen LogP) is 3.42. The van der Waals surface area contributed by atoms with Crippen molar-refractivity contribution in [3.63, 3.8) is 0 Å². The Labute approximate surface area is 126 Å². The normalized spacial score (nSPS) is 18.7. The standard InChI is InChI=1S/C19H23NO/c1-13-7-14(2)9-15(8-13)10-18(20)17-11-16-5-3-4-6-19(16)21-12-17/h3-9,17-18H,10-12,20H2,1-2H3. The van der Waals surface area contributed by atoms with Gasteiger partial charge in [-0.2, -0.15) is 0 Å². The Bertz CT molecular complexity index is 615. The minimum absolute atomic E-state index is 0.138. The first-order chi connectivity index (χ1) is 10.1. The van der Waals surface area contributed by atoms with Crippen LogP contribution < -0.4 is 10.5 Å². The number of ether oxygens (including phenoxy) is 1. The van der Waals surface area contributed by atoms with Crippen molar-refractivity contribution in [1.29, 1.82) is 0 Å². The number of hydrogen-bond donors (Lipinski definition) is 1. The van der Waals surface area contributed by atoms with Crippen molar-refractivity contribution in [2.24, 2.45) is 11.7 Å². The van der Waals surface area contributed by atoms with E-state index < -0.39 is 0 Å². The van der Waals surface area contributed by atoms with Gasteiger partial charge in [0.25, 0.3) is 0 Å². The highest BCUT2D eigenvalue weighted by atomic mass is 16.5. The van der Waals surface area contributed by atoms with E-state index >= 15 is 0 Å². The van der Waals surface area contributed by atoms with Gasteiger partial charge in [-0.1, -0.05) is 47.5 Å². The topological polar surface area (TPSA) is 35.2 Å². The number of para-hydroxylation sites is 1. The van der Waals surface area contributed by atoms with Gasteiger partial charge in [0.05, 0.1) is 6.61 Å². The molecule has 0 aromatic heterocycles. The molecule has 0 saturated heterocycles. The van der Waals surface area contributed by atoms with Crippen LogP contribution in [0.25, 0.3) is 0 Å². The molecule has 3 rings (SSSR count). The zero-order valence-electron chi connectivity index (χ0n) is 12.8. The number of rotatable bonds is 3. The van der Waals surface area contributed by atoms with Crippen LogP contribution in [0, 0.1) is 19.8 Å². The summed E-state index contributed by atoms with van der Waals surface area (Å²) in [5.74, 6) is 1.41. The van der Waals surface area contributed by atoms with E-state index in [0.717, 1.165) is 25.2 Å². The van der Waals surface area contributed by atoms with Gasteiger partial charge >= 0.3 is 0 Å². The van der Waals surface area contributed by atoms with Gasteiger partial charge in [-0.3, -0.25) is 0 Å². The van der Waals surface area contributed by atoms with Crippen molar-refractivity contribution in [2.45, 2.75) is 32.7 Å². The van der Waals surface area contributed by atoms with Gasteiger partial charge in [-0.25, -0.2) is 0 Å². The summed E-state index contributed by atoms with van der Waals surface area (Å²) in [5.41, 5.74) is 11.7. The summed E-state index contributed by atoms with van der Waals surface area (Å²) in [6.45, 7) is 5.01. The molecule has 0 fully saturated rings. The third-order valence-corrected chi connectivity index (χ3v) is 4.27. The largest absolute Gasteiger partial charge is 0.493 e. The number of benzene rings is 2. The maximum Gasteiger partial charge on any atom is 0.122 e. The molecule has 0 saturated carbocycles. The van der Waals surface area contributed by atoms with Gasteiger partial charge in [0.2, 0.25) is 0 Å². The summed E-state index contributed by atoms with van der Waals surface area (Å²) >= 11 is 0. The highest BCUT2D eigenvalue weighted by Gasteiger charge is 2.25. The van der Waals surface area contributed by atoms with Crippen LogP contribution in [0.5, 0.6) is 5.75 Å². The first-order valence-corrected chi connectivity index (χ1v) is 7.65. The Morgan fingerprint density at radius 2 is 1.86 bits per heavy atom. The van der Waals surface area contributed by atoms with Gasteiger partial charge in [0, 0.05) is 12.0 Å². The van der Waals surface area contributed by atoms with Crippen molar-refractivity contribution in [2.75, 3.05) is 6.61 Å². The molecule has 21 heavy (non-hydrogen) atoms. The minimum Gasteiger partial charge on any atom is -0.493 e. The summed E-state index contributed by atoms with van der Waals surface area (Å²) in [4.78, 5) is 0. The van der Waals surface area contributed by atoms with Gasteiger partial charge in [-0.15, -0.1) is 0 Å². The van der Waals surface area contributed by atoms with Crippen LogP contribution in [0.1, 0.15) is 22.3 Å². The Kier molecular flexibility index (Phi) is 3.98. The maximum atomic E-state index is 6.46. The fourth-order valence-corrected chi connectivity index (χ4v) is 3.25. The molecule has 0 spiro atoms. The lowest BCUT2D eigenvalue weighted by atomic mass is 9.87. The molecule has 1 aliphatic heterocycles. The summed E-state index contributed by atoms with van der Waals surface area (Å²) in [6, 6.07) is 15.1. The van der Waals surface area contributed by atoms with Gasteiger partial charge in [-0.05, 0) is 43.9 Å². The van der Waals surface area contributed by atoms with Crippen LogP contribution in [0.2, 0.25) is 0 Å². The Morgan fingerprint density at radius 1 is 1.14 bits per heavy atom. The summed E-state index contributed by atoms with van der Waals surface area (Å²) in [7, 11) is 0. The van der Waals surface area contributed by atoms with E-state index in [9.17, 15) is 0 Å². The lowest BCUT2D eigenvalue weighted by molar-refractivity contribution is 0.199. The SMILES string of the molecule is Cc1cc(C)cc(CC(N)C2COc3ccccc3C2)c1. The van der Waals surface area contributed by atoms with Crippen LogP contribution in [0.3, 0.4) is 0 Å². The molecule has 0 bridgehead atoms. The average molecular weight is 281 g/mol. The van der Waals surface area contributed by atoms with Gasteiger partial charge < -0.3 is 10.5 Å². The molecule has 2 heteroatoms. The van der Waals surface area contributed by atoms with E-state index in [2.05, 4.69) is 44.2 Å². The highest BCUT2D eigenvalue weighted by Crippen LogP contribution is 2.28. The Hall–Kier alpha value is -1.80. The lowest BCUT2D eigenvalue weighted by Gasteiger charge is -2.29. The zero-order valence-corrected chi connectivity index (χ0v) is 12.8. The smallest absolute Gasteiger partial charge is 0.122 e. The molecular weight excluding hydrogens is 258 g/mol. The number of fused-ring (bicyclic) bond motifs is 1. The molecule has 110 valence electrons. The summed E-state index contributed by atoms with van der Waals surface area (Å²) < 4.78 is 5.86. The average Bonchev–Trinajstić information content (AvgIpc) is 2.45. The van der Waals surface area contributed by atoms with E-state index in [1.807, 2.05) is 12.1 Å². The zero-order chi connectivity index (χ0) is 14.8. The first-order valence-electron chi connectivity index (χ1n) is 7.65. The maximum absolute atomic E-state index is 6.46. The molecule has 2 aromatic carbocycles. The fraction of sp³-hybridized carbons (Fsp3) is 0.368. The molecule has 2 unspecified atom stereocenters. The van der Waals surface area contributed by atoms with Crippen molar-refractivity contribution >= 4 is 0 Å². The highest BCUT2D eigenvalue weighted by molar-refractivity contribution is 5.35. The molecule has 0 radical (unpaired) electrons. The first kappa shape index (κ1) is 14.2. The second kappa shape index (κ2) is 5.90. The summed E-state index contributed by atoms with van der Waals surface area (Å²) in [6.07, 6.45) is 1.93. The molecule has 1 heterocycles. The minimum atomic E-state index is 0.138. The molecule has 2 atom stereocenters. The van der Waals surface area contributed by atoms with E-state index in [1.54, 1.807) is 0 Å². The Balaban J connectivity index is 1.70. The molecule has 2 nitrogen and oxygen atoms in total. The Morgan fingerprint density at radius 3 is 2.62 bits per heavy atom. The van der Waals surface area contributed by atoms with Crippen molar-refractivity contribution in [1.82, 2.24) is 0 Å². The van der Waals surface area contributed by atoms with Crippen molar-refractivity contribution < 1.29 is 4.74 Å². The van der Waals surface area contributed by atoms with E-state index in [-0.39, 0.29) is 6.04 Å². The second-order valence-corrected chi connectivity index (χ2v) is 6.25. The lowest BCUT2D eigenvalue weighted by Crippen LogP contribution is -2.39. The number of nitrogens with two attached hydrogens (primary N) is 1. The van der Waals surface area contributed by atoms with Crippen LogP contribution >= 0.6 is 0 Å². The molecule has 0 amide bonds. The van der Waals surface area contributed by atoms with Crippen molar-refractivity contribution in [3.05, 3.63) is 64.7 Å². The van der Waals surface area contributed by atoms with Crippen LogP contribution in [-0.2, 0) is 12.8 Å². The molecule has 0 aliphatic carbocycles. The van der Waals surface area contributed by atoms with Crippen LogP contribution in [-0.4, -0.2) is 12.6 Å². The van der Waals surface area contributed by atoms with Gasteiger partial charge in [0.15, 0.2) is 0 Å². The number of aryl methyl sites for hydroxylation is 2. The monoisotopic (exact) mass is 281 g/mol. The number of hydrogen-bond acceptors (Lipinski definition) is 2. The molecule has 1 aliphatic rings. The quantitative estimate of drug-likeness (QED) is 0.935. The van der Waals surface area contributed by atoms with Crippen molar-refractivity contribution in [3.8, 4) is 5.75 Å². The fourth-order valence-electron chi connectivity index (χ4n) is 3.25. The summed E-state index contributed by atoms with van der Waals surface area (Å²) in [5, 5.41) is 0. The molecule has 2 N–H and O–H groups in total. The second-order valence-electron chi connectivity index (χ2n) is 6.25. The molecule has 2 aromatic rings. The third kappa shape index (κ3) is 3.27. The van der Waals surface area contributed by atoms with Gasteiger partial charge in [0.1, 0.15) is 5.75 Å². The van der Waals surface area contributed by atoms with Crippen LogP contribution in [0.4, 0.5) is 0 Å². The van der Waals surface area contributed by atoms with E-state index in [4.69, 9.17) is 10.5 Å². The van der Waals surface area contributed by atoms with E-state index in [1.165, 1.54) is 22.3 Å². The molecular formula is C19H23NO.